The first kappa shape index (κ1) is 12.9. The first-order chi connectivity index (χ1) is 9.26. The fraction of sp³-hybridized carbons (Fsp3) is 0.625. The van der Waals surface area contributed by atoms with E-state index in [2.05, 4.69) is 23.2 Å². The van der Waals surface area contributed by atoms with Crippen molar-refractivity contribution in [3.63, 3.8) is 0 Å². The first-order valence-corrected chi connectivity index (χ1v) is 7.40. The summed E-state index contributed by atoms with van der Waals surface area (Å²) >= 11 is 0. The fourth-order valence-corrected chi connectivity index (χ4v) is 3.60. The number of nitrogens with one attached hydrogen (secondary N) is 1. The van der Waals surface area contributed by atoms with Crippen LogP contribution >= 0.6 is 0 Å². The Labute approximate surface area is 115 Å². The molecule has 1 atom stereocenters. The minimum Gasteiger partial charge on any atom is -0.465 e. The van der Waals surface area contributed by atoms with E-state index in [0.29, 0.717) is 5.41 Å². The van der Waals surface area contributed by atoms with Crippen LogP contribution < -0.4 is 5.32 Å². The zero-order valence-corrected chi connectivity index (χ0v) is 11.8. The second-order valence-corrected chi connectivity index (χ2v) is 6.25. The molecule has 1 aromatic rings. The van der Waals surface area contributed by atoms with E-state index in [1.165, 1.54) is 51.0 Å². The minimum absolute atomic E-state index is 0.559. The monoisotopic (exact) mass is 260 g/mol. The molecule has 1 spiro atoms. The third-order valence-corrected chi connectivity index (χ3v) is 4.48. The first-order valence-electron chi connectivity index (χ1n) is 7.40. The SMILES string of the molecule is C/C(=C\c1ccco1)CN1CCC[C@@]2(CCNC2)C1. The average molecular weight is 260 g/mol. The van der Waals surface area contributed by atoms with Gasteiger partial charge in [-0.05, 0) is 62.9 Å². The van der Waals surface area contributed by atoms with Crippen LogP contribution in [0.1, 0.15) is 31.9 Å². The highest BCUT2D eigenvalue weighted by Crippen LogP contribution is 2.35. The van der Waals surface area contributed by atoms with Gasteiger partial charge in [0.25, 0.3) is 0 Å². The van der Waals surface area contributed by atoms with Gasteiger partial charge in [0.05, 0.1) is 6.26 Å². The molecule has 3 heteroatoms. The molecule has 0 radical (unpaired) electrons. The molecular formula is C16H24N2O. The topological polar surface area (TPSA) is 28.4 Å². The van der Waals surface area contributed by atoms with Crippen molar-refractivity contribution in [2.45, 2.75) is 26.2 Å². The minimum atomic E-state index is 0.559. The van der Waals surface area contributed by atoms with Crippen LogP contribution in [0.15, 0.2) is 28.4 Å². The Hall–Kier alpha value is -1.06. The molecule has 1 aromatic heterocycles. The van der Waals surface area contributed by atoms with Gasteiger partial charge in [-0.25, -0.2) is 0 Å². The zero-order valence-electron chi connectivity index (χ0n) is 11.8. The number of piperidine rings is 1. The molecule has 2 aliphatic heterocycles. The number of hydrogen-bond acceptors (Lipinski definition) is 3. The molecule has 1 N–H and O–H groups in total. The molecule has 3 nitrogen and oxygen atoms in total. The van der Waals surface area contributed by atoms with Crippen molar-refractivity contribution in [3.05, 3.63) is 29.7 Å². The Morgan fingerprint density at radius 1 is 1.53 bits per heavy atom. The summed E-state index contributed by atoms with van der Waals surface area (Å²) in [6.45, 7) is 8.19. The lowest BCUT2D eigenvalue weighted by molar-refractivity contribution is 0.112. The lowest BCUT2D eigenvalue weighted by Crippen LogP contribution is -2.44. The summed E-state index contributed by atoms with van der Waals surface area (Å²) in [5, 5.41) is 3.54. The summed E-state index contributed by atoms with van der Waals surface area (Å²) in [4.78, 5) is 2.62. The van der Waals surface area contributed by atoms with Crippen LogP contribution in [0.25, 0.3) is 6.08 Å². The molecule has 0 unspecified atom stereocenters. The highest BCUT2D eigenvalue weighted by Gasteiger charge is 2.37. The normalized spacial score (nSPS) is 29.2. The van der Waals surface area contributed by atoms with E-state index >= 15 is 0 Å². The van der Waals surface area contributed by atoms with Crippen LogP contribution in [-0.4, -0.2) is 37.6 Å². The van der Waals surface area contributed by atoms with E-state index < -0.39 is 0 Å². The fourth-order valence-electron chi connectivity index (χ4n) is 3.60. The smallest absolute Gasteiger partial charge is 0.126 e. The lowest BCUT2D eigenvalue weighted by Gasteiger charge is -2.40. The number of likely N-dealkylation sites (tertiary alicyclic amines) is 1. The summed E-state index contributed by atoms with van der Waals surface area (Å²) in [5.41, 5.74) is 1.95. The Morgan fingerprint density at radius 2 is 2.47 bits per heavy atom. The molecule has 0 aromatic carbocycles. The Bertz CT molecular complexity index is 430. The van der Waals surface area contributed by atoms with Crippen molar-refractivity contribution in [1.29, 1.82) is 0 Å². The van der Waals surface area contributed by atoms with Gasteiger partial charge in [-0.15, -0.1) is 0 Å². The standard InChI is InChI=1S/C16H24N2O/c1-14(10-15-4-2-9-19-15)11-18-8-3-5-16(13-18)6-7-17-12-16/h2,4,9-10,17H,3,5-8,11-13H2,1H3/b14-10+/t16-/m0/s1. The van der Waals surface area contributed by atoms with Crippen molar-refractivity contribution in [2.24, 2.45) is 5.41 Å². The zero-order chi connectivity index (χ0) is 13.1. The Morgan fingerprint density at radius 3 is 3.21 bits per heavy atom. The van der Waals surface area contributed by atoms with E-state index in [0.717, 1.165) is 12.3 Å². The van der Waals surface area contributed by atoms with Crippen molar-refractivity contribution < 1.29 is 4.42 Å². The van der Waals surface area contributed by atoms with E-state index in [1.807, 2.05) is 12.1 Å². The highest BCUT2D eigenvalue weighted by atomic mass is 16.3. The Kier molecular flexibility index (Phi) is 3.76. The van der Waals surface area contributed by atoms with Crippen LogP contribution in [0, 0.1) is 5.41 Å². The van der Waals surface area contributed by atoms with Gasteiger partial charge in [0.15, 0.2) is 0 Å². The van der Waals surface area contributed by atoms with Crippen LogP contribution in [0.2, 0.25) is 0 Å². The van der Waals surface area contributed by atoms with Crippen LogP contribution in [0.5, 0.6) is 0 Å². The molecule has 2 aliphatic rings. The van der Waals surface area contributed by atoms with E-state index in [1.54, 1.807) is 6.26 Å². The molecule has 104 valence electrons. The van der Waals surface area contributed by atoms with Gasteiger partial charge in [0, 0.05) is 19.6 Å². The van der Waals surface area contributed by atoms with Crippen LogP contribution in [-0.2, 0) is 0 Å². The number of furan rings is 1. The van der Waals surface area contributed by atoms with E-state index in [4.69, 9.17) is 4.42 Å². The molecule has 0 aliphatic carbocycles. The summed E-state index contributed by atoms with van der Waals surface area (Å²) in [5.74, 6) is 0.965. The summed E-state index contributed by atoms with van der Waals surface area (Å²) in [7, 11) is 0. The lowest BCUT2D eigenvalue weighted by atomic mass is 9.79. The largest absolute Gasteiger partial charge is 0.465 e. The van der Waals surface area contributed by atoms with Gasteiger partial charge >= 0.3 is 0 Å². The van der Waals surface area contributed by atoms with Gasteiger partial charge in [-0.1, -0.05) is 5.57 Å². The van der Waals surface area contributed by atoms with Crippen molar-refractivity contribution >= 4 is 6.08 Å². The molecule has 3 heterocycles. The van der Waals surface area contributed by atoms with Gasteiger partial charge in [0.1, 0.15) is 5.76 Å². The average Bonchev–Trinajstić information content (AvgIpc) is 3.02. The van der Waals surface area contributed by atoms with Gasteiger partial charge in [-0.2, -0.15) is 0 Å². The summed E-state index contributed by atoms with van der Waals surface area (Å²) in [6.07, 6.45) is 7.99. The maximum atomic E-state index is 5.38. The molecule has 19 heavy (non-hydrogen) atoms. The second kappa shape index (κ2) is 5.51. The second-order valence-electron chi connectivity index (χ2n) is 6.25. The maximum absolute atomic E-state index is 5.38. The molecular weight excluding hydrogens is 236 g/mol. The summed E-state index contributed by atoms with van der Waals surface area (Å²) < 4.78 is 5.38. The molecule has 2 fully saturated rings. The number of nitrogens with zero attached hydrogens (tertiary/aromatic N) is 1. The molecule has 0 bridgehead atoms. The predicted molar refractivity (Wildman–Crippen MR) is 78.0 cm³/mol. The highest BCUT2D eigenvalue weighted by molar-refractivity contribution is 5.46. The predicted octanol–water partition coefficient (Wildman–Crippen LogP) is 2.76. The van der Waals surface area contributed by atoms with Crippen LogP contribution in [0.3, 0.4) is 0 Å². The third-order valence-electron chi connectivity index (χ3n) is 4.48. The van der Waals surface area contributed by atoms with Crippen molar-refractivity contribution in [3.8, 4) is 0 Å². The van der Waals surface area contributed by atoms with Crippen molar-refractivity contribution in [2.75, 3.05) is 32.7 Å². The third kappa shape index (κ3) is 3.10. The van der Waals surface area contributed by atoms with Gasteiger partial charge < -0.3 is 9.73 Å². The molecule has 0 amide bonds. The molecule has 2 saturated heterocycles. The number of rotatable bonds is 3. The van der Waals surface area contributed by atoms with Gasteiger partial charge in [-0.3, -0.25) is 4.90 Å². The maximum Gasteiger partial charge on any atom is 0.126 e. The molecule has 3 rings (SSSR count). The van der Waals surface area contributed by atoms with Crippen molar-refractivity contribution in [1.82, 2.24) is 10.2 Å². The quantitative estimate of drug-likeness (QED) is 0.906. The van der Waals surface area contributed by atoms with Gasteiger partial charge in [0.2, 0.25) is 0 Å². The Balaban J connectivity index is 1.60. The number of hydrogen-bond donors (Lipinski definition) is 1. The van der Waals surface area contributed by atoms with E-state index in [9.17, 15) is 0 Å². The summed E-state index contributed by atoms with van der Waals surface area (Å²) in [6, 6.07) is 3.96. The molecule has 0 saturated carbocycles. The van der Waals surface area contributed by atoms with Crippen LogP contribution in [0.4, 0.5) is 0 Å². The van der Waals surface area contributed by atoms with E-state index in [-0.39, 0.29) is 0 Å².